The Labute approximate surface area is 148 Å². The van der Waals surface area contributed by atoms with Gasteiger partial charge in [-0.15, -0.1) is 11.8 Å². The van der Waals surface area contributed by atoms with Crippen molar-refractivity contribution in [3.63, 3.8) is 0 Å². The van der Waals surface area contributed by atoms with Crippen molar-refractivity contribution in [2.75, 3.05) is 10.6 Å². The van der Waals surface area contributed by atoms with Crippen molar-refractivity contribution in [3.8, 4) is 0 Å². The van der Waals surface area contributed by atoms with Gasteiger partial charge < -0.3 is 10.6 Å². The lowest BCUT2D eigenvalue weighted by molar-refractivity contribution is -0.137. The average molecular weight is 363 g/mol. The second-order valence-corrected chi connectivity index (χ2v) is 6.58. The third-order valence-electron chi connectivity index (χ3n) is 3.65. The number of thioether (sulfide) groups is 1. The van der Waals surface area contributed by atoms with Crippen molar-refractivity contribution >= 4 is 23.3 Å². The van der Waals surface area contributed by atoms with Crippen molar-refractivity contribution in [2.45, 2.75) is 17.3 Å². The molecule has 0 radical (unpaired) electrons. The Morgan fingerprint density at radius 3 is 2.76 bits per heavy atom. The molecule has 1 unspecified atom stereocenters. The zero-order valence-electron chi connectivity index (χ0n) is 13.1. The Morgan fingerprint density at radius 1 is 1.16 bits per heavy atom. The molecule has 0 aliphatic carbocycles. The predicted molar refractivity (Wildman–Crippen MR) is 95.9 cm³/mol. The van der Waals surface area contributed by atoms with Crippen LogP contribution >= 0.6 is 11.8 Å². The molecule has 0 amide bonds. The molecule has 1 aromatic heterocycles. The molecule has 25 heavy (non-hydrogen) atoms. The highest BCUT2D eigenvalue weighted by atomic mass is 32.2. The Bertz CT molecular complexity index is 802. The number of hydrogen-bond donors (Lipinski definition) is 1. The molecule has 0 saturated carbocycles. The Morgan fingerprint density at radius 2 is 2.00 bits per heavy atom. The van der Waals surface area contributed by atoms with Gasteiger partial charge in [-0.2, -0.15) is 13.2 Å². The normalized spacial score (nSPS) is 17.1. The molecule has 2 N–H and O–H groups in total. The van der Waals surface area contributed by atoms with Crippen LogP contribution in [0.15, 0.2) is 67.0 Å². The second-order valence-electron chi connectivity index (χ2n) is 5.47. The molecule has 1 aromatic carbocycles. The zero-order valence-corrected chi connectivity index (χ0v) is 14.0. The Kier molecular flexibility index (Phi) is 5.03. The first-order valence-electron chi connectivity index (χ1n) is 7.56. The van der Waals surface area contributed by atoms with E-state index in [4.69, 9.17) is 5.73 Å². The largest absolute Gasteiger partial charge is 0.416 e. The van der Waals surface area contributed by atoms with Gasteiger partial charge in [-0.1, -0.05) is 18.2 Å². The molecule has 1 atom stereocenters. The smallest absolute Gasteiger partial charge is 0.384 e. The van der Waals surface area contributed by atoms with Gasteiger partial charge >= 0.3 is 6.18 Å². The average Bonchev–Trinajstić information content (AvgIpc) is 2.60. The standard InChI is InChI=1S/C18H16F3N3S/c19-18(20,21)14-4-3-5-15(11-14)24-9-2-1-6-17(24)25-12-13-7-8-23-16(22)10-13/h1-11,17H,12H2,(H2,22,23). The van der Waals surface area contributed by atoms with Crippen LogP contribution < -0.4 is 10.6 Å². The number of nitrogens with two attached hydrogens (primary N) is 1. The quantitative estimate of drug-likeness (QED) is 0.845. The van der Waals surface area contributed by atoms with E-state index in [1.54, 1.807) is 36.3 Å². The van der Waals surface area contributed by atoms with E-state index in [0.717, 1.165) is 11.6 Å². The monoisotopic (exact) mass is 363 g/mol. The highest BCUT2D eigenvalue weighted by Gasteiger charge is 2.31. The van der Waals surface area contributed by atoms with Gasteiger partial charge in [-0.3, -0.25) is 0 Å². The van der Waals surface area contributed by atoms with Crippen molar-refractivity contribution in [2.24, 2.45) is 0 Å². The summed E-state index contributed by atoms with van der Waals surface area (Å²) in [6, 6.07) is 9.02. The summed E-state index contributed by atoms with van der Waals surface area (Å²) >= 11 is 1.60. The number of nitrogens with zero attached hydrogens (tertiary/aromatic N) is 2. The molecule has 1 aliphatic rings. The van der Waals surface area contributed by atoms with Crippen molar-refractivity contribution in [3.05, 3.63) is 78.1 Å². The molecule has 0 bridgehead atoms. The first kappa shape index (κ1) is 17.4. The van der Waals surface area contributed by atoms with E-state index in [0.29, 0.717) is 17.3 Å². The first-order chi connectivity index (χ1) is 11.9. The number of hydrogen-bond acceptors (Lipinski definition) is 4. The van der Waals surface area contributed by atoms with Gasteiger partial charge in [-0.05, 0) is 42.0 Å². The number of aromatic nitrogens is 1. The van der Waals surface area contributed by atoms with Crippen LogP contribution in [0.4, 0.5) is 24.7 Å². The summed E-state index contributed by atoms with van der Waals surface area (Å²) in [4.78, 5) is 5.78. The SMILES string of the molecule is Nc1cc(CSC2C=CC=CN2c2cccc(C(F)(F)F)c2)ccn1. The predicted octanol–water partition coefficient (Wildman–Crippen LogP) is 4.83. The number of nitrogen functional groups attached to an aromatic ring is 1. The molecule has 7 heteroatoms. The van der Waals surface area contributed by atoms with Crippen LogP contribution in [0.3, 0.4) is 0 Å². The van der Waals surface area contributed by atoms with Crippen LogP contribution in [0.25, 0.3) is 0 Å². The fraction of sp³-hybridized carbons (Fsp3) is 0.167. The number of alkyl halides is 3. The van der Waals surface area contributed by atoms with E-state index in [9.17, 15) is 13.2 Å². The van der Waals surface area contributed by atoms with Crippen LogP contribution in [0.1, 0.15) is 11.1 Å². The minimum atomic E-state index is -4.36. The second kappa shape index (κ2) is 7.23. The molecule has 2 aromatic rings. The maximum Gasteiger partial charge on any atom is 0.416 e. The van der Waals surface area contributed by atoms with Gasteiger partial charge in [0, 0.05) is 23.8 Å². The summed E-state index contributed by atoms with van der Waals surface area (Å²) in [7, 11) is 0. The van der Waals surface area contributed by atoms with Crippen molar-refractivity contribution in [1.29, 1.82) is 0 Å². The number of allylic oxidation sites excluding steroid dienone is 2. The van der Waals surface area contributed by atoms with Gasteiger partial charge in [0.15, 0.2) is 0 Å². The number of rotatable bonds is 4. The molecule has 3 rings (SSSR count). The van der Waals surface area contributed by atoms with Gasteiger partial charge in [0.25, 0.3) is 0 Å². The summed E-state index contributed by atoms with van der Waals surface area (Å²) in [6.07, 6.45) is 4.73. The van der Waals surface area contributed by atoms with Gasteiger partial charge in [0.1, 0.15) is 5.82 Å². The minimum Gasteiger partial charge on any atom is -0.384 e. The summed E-state index contributed by atoms with van der Waals surface area (Å²) in [6.45, 7) is 0. The van der Waals surface area contributed by atoms with E-state index < -0.39 is 11.7 Å². The topological polar surface area (TPSA) is 42.1 Å². The van der Waals surface area contributed by atoms with E-state index in [2.05, 4.69) is 4.98 Å². The van der Waals surface area contributed by atoms with Crippen LogP contribution in [0.2, 0.25) is 0 Å². The first-order valence-corrected chi connectivity index (χ1v) is 8.61. The summed E-state index contributed by atoms with van der Waals surface area (Å²) < 4.78 is 38.9. The molecule has 130 valence electrons. The third kappa shape index (κ3) is 4.36. The lowest BCUT2D eigenvalue weighted by Gasteiger charge is -2.30. The fourth-order valence-corrected chi connectivity index (χ4v) is 3.55. The number of pyridine rings is 1. The number of anilines is 2. The van der Waals surface area contributed by atoms with Gasteiger partial charge in [0.05, 0.1) is 10.9 Å². The Hall–Kier alpha value is -2.41. The maximum absolute atomic E-state index is 13.0. The van der Waals surface area contributed by atoms with Crippen LogP contribution in [-0.2, 0) is 11.9 Å². The molecule has 0 fully saturated rings. The summed E-state index contributed by atoms with van der Waals surface area (Å²) in [5.74, 6) is 1.12. The van der Waals surface area contributed by atoms with Crippen molar-refractivity contribution in [1.82, 2.24) is 4.98 Å². The van der Waals surface area contributed by atoms with Gasteiger partial charge in [-0.25, -0.2) is 4.98 Å². The fourth-order valence-electron chi connectivity index (χ4n) is 2.46. The maximum atomic E-state index is 13.0. The molecule has 1 aliphatic heterocycles. The van der Waals surface area contributed by atoms with Crippen LogP contribution in [0.5, 0.6) is 0 Å². The molecular weight excluding hydrogens is 347 g/mol. The van der Waals surface area contributed by atoms with Crippen LogP contribution in [-0.4, -0.2) is 10.4 Å². The molecule has 0 saturated heterocycles. The lowest BCUT2D eigenvalue weighted by Crippen LogP contribution is -2.28. The third-order valence-corrected chi connectivity index (χ3v) is 4.87. The highest BCUT2D eigenvalue weighted by molar-refractivity contribution is 7.99. The molecule has 3 nitrogen and oxygen atoms in total. The molecule has 2 heterocycles. The zero-order chi connectivity index (χ0) is 17.9. The van der Waals surface area contributed by atoms with E-state index >= 15 is 0 Å². The van der Waals surface area contributed by atoms with E-state index in [1.807, 2.05) is 29.2 Å². The van der Waals surface area contributed by atoms with E-state index in [-0.39, 0.29) is 5.37 Å². The lowest BCUT2D eigenvalue weighted by atomic mass is 10.1. The minimum absolute atomic E-state index is 0.108. The van der Waals surface area contributed by atoms with Crippen LogP contribution in [0, 0.1) is 0 Å². The number of benzene rings is 1. The summed E-state index contributed by atoms with van der Waals surface area (Å²) in [5, 5.41) is -0.108. The van der Waals surface area contributed by atoms with E-state index in [1.165, 1.54) is 12.1 Å². The van der Waals surface area contributed by atoms with Crippen molar-refractivity contribution < 1.29 is 13.2 Å². The molecular formula is C18H16F3N3S. The van der Waals surface area contributed by atoms with Gasteiger partial charge in [0.2, 0.25) is 0 Å². The highest BCUT2D eigenvalue weighted by Crippen LogP contribution is 2.34. The molecule has 0 spiro atoms. The summed E-state index contributed by atoms with van der Waals surface area (Å²) in [5.41, 5.74) is 6.55. The Balaban J connectivity index is 1.78. The number of halogens is 3.